The van der Waals surface area contributed by atoms with Crippen LogP contribution < -0.4 is 4.57 Å². The molecule has 2 aromatic rings. The number of aromatic nitrogens is 1. The smallest absolute Gasteiger partial charge is 0.322 e. The summed E-state index contributed by atoms with van der Waals surface area (Å²) in [5.74, 6) is -0.169. The molecule has 0 radical (unpaired) electrons. The summed E-state index contributed by atoms with van der Waals surface area (Å²) in [5.41, 5.74) is 1.19. The van der Waals surface area contributed by atoms with Gasteiger partial charge < -0.3 is 4.74 Å². The van der Waals surface area contributed by atoms with Crippen LogP contribution in [0.3, 0.4) is 0 Å². The number of hydrogen-bond acceptors (Lipinski definition) is 4. The lowest BCUT2D eigenvalue weighted by atomic mass is 10.2. The first-order chi connectivity index (χ1) is 8.95. The highest BCUT2D eigenvalue weighted by molar-refractivity contribution is 8.03. The van der Waals surface area contributed by atoms with Gasteiger partial charge in [-0.3, -0.25) is 4.79 Å². The van der Waals surface area contributed by atoms with Crippen molar-refractivity contribution in [3.8, 4) is 0 Å². The molecule has 0 aliphatic rings. The number of ether oxygens (including phenoxy) is 1. The number of rotatable bonds is 4. The highest BCUT2D eigenvalue weighted by atomic mass is 32.2. The van der Waals surface area contributed by atoms with E-state index in [-0.39, 0.29) is 5.97 Å². The van der Waals surface area contributed by atoms with Crippen LogP contribution in [-0.4, -0.2) is 17.3 Å². The number of fused-ring (bicyclic) bond motifs is 1. The Labute approximate surface area is 121 Å². The van der Waals surface area contributed by atoms with Crippen molar-refractivity contribution in [3.05, 3.63) is 24.3 Å². The maximum atomic E-state index is 11.9. The van der Waals surface area contributed by atoms with Gasteiger partial charge in [0.2, 0.25) is 5.52 Å². The lowest BCUT2D eigenvalue weighted by molar-refractivity contribution is -0.676. The molecule has 1 aromatic heterocycles. The summed E-state index contributed by atoms with van der Waals surface area (Å²) in [4.78, 5) is 11.9. The minimum atomic E-state index is -0.575. The fourth-order valence-electron chi connectivity index (χ4n) is 1.74. The van der Waals surface area contributed by atoms with E-state index in [9.17, 15) is 4.79 Å². The molecule has 0 saturated carbocycles. The molecule has 0 aliphatic heterocycles. The highest BCUT2D eigenvalue weighted by Gasteiger charge is 2.35. The molecule has 1 aromatic carbocycles. The van der Waals surface area contributed by atoms with Gasteiger partial charge in [0.1, 0.15) is 16.5 Å². The normalized spacial score (nSPS) is 11.8. The van der Waals surface area contributed by atoms with Crippen molar-refractivity contribution in [2.45, 2.75) is 29.9 Å². The number of benzene rings is 1. The molecule has 0 saturated heterocycles. The minimum absolute atomic E-state index is 0.169. The molecule has 3 nitrogen and oxygen atoms in total. The van der Waals surface area contributed by atoms with Crippen molar-refractivity contribution < 1.29 is 14.1 Å². The van der Waals surface area contributed by atoms with Crippen molar-refractivity contribution in [1.82, 2.24) is 0 Å². The summed E-state index contributed by atoms with van der Waals surface area (Å²) < 4.78 is 9.02. The van der Waals surface area contributed by atoms with Crippen LogP contribution in [0.1, 0.15) is 20.8 Å². The van der Waals surface area contributed by atoms with Gasteiger partial charge in [-0.15, -0.1) is 0 Å². The first kappa shape index (κ1) is 14.3. The summed E-state index contributed by atoms with van der Waals surface area (Å²) in [6.45, 7) is 6.06. The number of hydrogen-bond donors (Lipinski definition) is 0. The summed E-state index contributed by atoms with van der Waals surface area (Å²) in [6.07, 6.45) is 0. The van der Waals surface area contributed by atoms with Crippen molar-refractivity contribution in [2.75, 3.05) is 6.61 Å². The summed E-state index contributed by atoms with van der Waals surface area (Å²) >= 11 is 3.26. The lowest BCUT2D eigenvalue weighted by Crippen LogP contribution is -2.34. The van der Waals surface area contributed by atoms with E-state index in [0.29, 0.717) is 6.61 Å². The van der Waals surface area contributed by atoms with Gasteiger partial charge in [0.25, 0.3) is 4.34 Å². The van der Waals surface area contributed by atoms with Crippen molar-refractivity contribution in [3.63, 3.8) is 0 Å². The number of carbonyl (C=O) groups is 1. The van der Waals surface area contributed by atoms with E-state index in [1.165, 1.54) is 10.2 Å². The van der Waals surface area contributed by atoms with Gasteiger partial charge in [-0.1, -0.05) is 23.5 Å². The molecule has 102 valence electrons. The standard InChI is InChI=1S/C14H18NO2S2/c1-5-17-12(16)14(2,3)19-13-15(4)10-8-6-7-9-11(10)18-13/h6-9H,5H2,1-4H3/q+1. The Morgan fingerprint density at radius 2 is 2.11 bits per heavy atom. The highest BCUT2D eigenvalue weighted by Crippen LogP contribution is 2.36. The lowest BCUT2D eigenvalue weighted by Gasteiger charge is -2.18. The van der Waals surface area contributed by atoms with Crippen LogP contribution in [0.15, 0.2) is 28.6 Å². The van der Waals surface area contributed by atoms with Gasteiger partial charge in [0.15, 0.2) is 0 Å². The number of carbonyl (C=O) groups excluding carboxylic acids is 1. The van der Waals surface area contributed by atoms with E-state index in [1.807, 2.05) is 40.0 Å². The molecular weight excluding hydrogens is 278 g/mol. The Hall–Kier alpha value is -1.07. The predicted molar refractivity (Wildman–Crippen MR) is 79.6 cm³/mol. The van der Waals surface area contributed by atoms with Crippen LogP contribution in [0.2, 0.25) is 0 Å². The molecule has 2 rings (SSSR count). The Morgan fingerprint density at radius 3 is 2.74 bits per heavy atom. The second-order valence-electron chi connectivity index (χ2n) is 4.73. The molecule has 0 bridgehead atoms. The summed E-state index contributed by atoms with van der Waals surface area (Å²) in [6, 6.07) is 8.25. The number of thioether (sulfide) groups is 1. The zero-order valence-electron chi connectivity index (χ0n) is 11.6. The van der Waals surface area contributed by atoms with Crippen molar-refractivity contribution in [1.29, 1.82) is 0 Å². The zero-order chi connectivity index (χ0) is 14.0. The predicted octanol–water partition coefficient (Wildman–Crippen LogP) is 3.16. The summed E-state index contributed by atoms with van der Waals surface area (Å²) in [7, 11) is 2.03. The van der Waals surface area contributed by atoms with E-state index in [1.54, 1.807) is 23.1 Å². The fourth-order valence-corrected chi connectivity index (χ4v) is 4.49. The van der Waals surface area contributed by atoms with E-state index in [4.69, 9.17) is 4.74 Å². The van der Waals surface area contributed by atoms with Crippen LogP contribution in [0.5, 0.6) is 0 Å². The van der Waals surface area contributed by atoms with Crippen LogP contribution >= 0.6 is 23.1 Å². The maximum Gasteiger partial charge on any atom is 0.322 e. The molecular formula is C14H18NO2S2+. The average molecular weight is 296 g/mol. The van der Waals surface area contributed by atoms with Gasteiger partial charge in [0.05, 0.1) is 6.61 Å². The van der Waals surface area contributed by atoms with E-state index in [2.05, 4.69) is 16.7 Å². The van der Waals surface area contributed by atoms with Crippen molar-refractivity contribution in [2.24, 2.45) is 7.05 Å². The van der Waals surface area contributed by atoms with Crippen LogP contribution in [-0.2, 0) is 16.6 Å². The Balaban J connectivity index is 2.30. The van der Waals surface area contributed by atoms with E-state index >= 15 is 0 Å². The van der Waals surface area contributed by atoms with Crippen molar-refractivity contribution >= 4 is 39.3 Å². The number of esters is 1. The second kappa shape index (κ2) is 5.51. The minimum Gasteiger partial charge on any atom is -0.465 e. The third kappa shape index (κ3) is 2.92. The van der Waals surface area contributed by atoms with Gasteiger partial charge in [-0.2, -0.15) is 4.57 Å². The summed E-state index contributed by atoms with van der Waals surface area (Å²) in [5, 5.41) is 0. The van der Waals surface area contributed by atoms with E-state index < -0.39 is 4.75 Å². The average Bonchev–Trinajstić information content (AvgIpc) is 2.67. The SMILES string of the molecule is CCOC(=O)C(C)(C)Sc1sc2ccccc2[n+]1C. The van der Waals surface area contributed by atoms with Gasteiger partial charge in [-0.25, -0.2) is 0 Å². The van der Waals surface area contributed by atoms with Crippen LogP contribution in [0.4, 0.5) is 0 Å². The van der Waals surface area contributed by atoms with Gasteiger partial charge >= 0.3 is 5.97 Å². The largest absolute Gasteiger partial charge is 0.465 e. The molecule has 1 heterocycles. The maximum absolute atomic E-state index is 11.9. The zero-order valence-corrected chi connectivity index (χ0v) is 13.2. The Kier molecular flexibility index (Phi) is 4.16. The quantitative estimate of drug-likeness (QED) is 0.493. The van der Waals surface area contributed by atoms with Gasteiger partial charge in [-0.05, 0) is 38.6 Å². The molecule has 0 amide bonds. The fraction of sp³-hybridized carbons (Fsp3) is 0.429. The van der Waals surface area contributed by atoms with Gasteiger partial charge in [0, 0.05) is 6.07 Å². The van der Waals surface area contributed by atoms with Crippen LogP contribution in [0, 0.1) is 0 Å². The molecule has 0 fully saturated rings. The molecule has 19 heavy (non-hydrogen) atoms. The first-order valence-electron chi connectivity index (χ1n) is 6.19. The topological polar surface area (TPSA) is 30.2 Å². The second-order valence-corrected chi connectivity index (χ2v) is 7.63. The molecule has 5 heteroatoms. The monoisotopic (exact) mass is 296 g/mol. The molecule has 0 aliphatic carbocycles. The molecule has 0 unspecified atom stereocenters. The third-order valence-corrected chi connectivity index (χ3v) is 5.45. The molecule has 0 atom stereocenters. The van der Waals surface area contributed by atoms with E-state index in [0.717, 1.165) is 4.34 Å². The first-order valence-corrected chi connectivity index (χ1v) is 7.83. The molecule has 0 spiro atoms. The third-order valence-electron chi connectivity index (χ3n) is 2.81. The number of para-hydroxylation sites is 1. The number of aryl methyl sites for hydroxylation is 1. The number of thiazole rings is 1. The Bertz CT molecular complexity index is 605. The van der Waals surface area contributed by atoms with Crippen LogP contribution in [0.25, 0.3) is 10.2 Å². The Morgan fingerprint density at radius 1 is 1.42 bits per heavy atom. The molecule has 0 N–H and O–H groups in total. The number of nitrogens with zero attached hydrogens (tertiary/aromatic N) is 1.